The highest BCUT2D eigenvalue weighted by molar-refractivity contribution is 5.80. The number of nitrogens with zero attached hydrogens (tertiary/aromatic N) is 2. The Morgan fingerprint density at radius 1 is 1.00 bits per heavy atom. The van der Waals surface area contributed by atoms with Crippen LogP contribution >= 0.6 is 0 Å². The van der Waals surface area contributed by atoms with Crippen LogP contribution < -0.4 is 0 Å². The van der Waals surface area contributed by atoms with E-state index in [2.05, 4.69) is 0 Å². The Morgan fingerprint density at radius 2 is 1.65 bits per heavy atom. The van der Waals surface area contributed by atoms with Crippen LogP contribution in [0.15, 0.2) is 0 Å². The van der Waals surface area contributed by atoms with Gasteiger partial charge in [-0.3, -0.25) is 14.5 Å². The Kier molecular flexibility index (Phi) is 5.83. The molecule has 0 aliphatic carbocycles. The van der Waals surface area contributed by atoms with Crippen LogP contribution in [0.4, 0.5) is 0 Å². The standard InChI is InChI=1S/C15H26N2O3/c1-20-15(19)13-8-4-7-11-17(13)12-14(18)16-9-5-2-3-6-10-16/h13H,2-12H2,1H3/t13-/m1/s1. The van der Waals surface area contributed by atoms with Gasteiger partial charge in [0, 0.05) is 13.1 Å². The van der Waals surface area contributed by atoms with E-state index in [1.54, 1.807) is 0 Å². The predicted octanol–water partition coefficient (Wildman–Crippen LogP) is 1.42. The monoisotopic (exact) mass is 282 g/mol. The molecule has 1 amide bonds. The van der Waals surface area contributed by atoms with Crippen molar-refractivity contribution >= 4 is 11.9 Å². The second kappa shape index (κ2) is 7.62. The van der Waals surface area contributed by atoms with E-state index in [0.29, 0.717) is 6.54 Å². The number of carbonyl (C=O) groups excluding carboxylic acids is 2. The van der Waals surface area contributed by atoms with Crippen LogP contribution in [0.2, 0.25) is 0 Å². The van der Waals surface area contributed by atoms with E-state index in [1.165, 1.54) is 20.0 Å². The van der Waals surface area contributed by atoms with Gasteiger partial charge < -0.3 is 9.64 Å². The van der Waals surface area contributed by atoms with Crippen molar-refractivity contribution in [2.75, 3.05) is 33.3 Å². The quantitative estimate of drug-likeness (QED) is 0.735. The fraction of sp³-hybridized carbons (Fsp3) is 0.867. The normalized spacial score (nSPS) is 25.1. The summed E-state index contributed by atoms with van der Waals surface area (Å²) in [5, 5.41) is 0. The van der Waals surface area contributed by atoms with E-state index in [1.807, 2.05) is 9.80 Å². The average Bonchev–Trinajstić information content (AvgIpc) is 2.76. The highest BCUT2D eigenvalue weighted by Gasteiger charge is 2.31. The summed E-state index contributed by atoms with van der Waals surface area (Å²) in [7, 11) is 1.42. The van der Waals surface area contributed by atoms with Gasteiger partial charge in [0.25, 0.3) is 0 Å². The second-order valence-corrected chi connectivity index (χ2v) is 5.80. The molecule has 20 heavy (non-hydrogen) atoms. The van der Waals surface area contributed by atoms with Crippen molar-refractivity contribution < 1.29 is 14.3 Å². The van der Waals surface area contributed by atoms with E-state index in [0.717, 1.165) is 51.7 Å². The summed E-state index contributed by atoms with van der Waals surface area (Å²) >= 11 is 0. The molecule has 0 aromatic carbocycles. The summed E-state index contributed by atoms with van der Waals surface area (Å²) in [5.41, 5.74) is 0. The van der Waals surface area contributed by atoms with Gasteiger partial charge in [-0.1, -0.05) is 19.3 Å². The molecular weight excluding hydrogens is 256 g/mol. The Hall–Kier alpha value is -1.10. The fourth-order valence-corrected chi connectivity index (χ4v) is 3.18. The number of carbonyl (C=O) groups is 2. The summed E-state index contributed by atoms with van der Waals surface area (Å²) in [5.74, 6) is -0.0314. The van der Waals surface area contributed by atoms with E-state index >= 15 is 0 Å². The molecule has 0 unspecified atom stereocenters. The van der Waals surface area contributed by atoms with Crippen molar-refractivity contribution in [1.29, 1.82) is 0 Å². The number of piperidine rings is 1. The molecule has 2 heterocycles. The van der Waals surface area contributed by atoms with Gasteiger partial charge in [0.05, 0.1) is 13.7 Å². The summed E-state index contributed by atoms with van der Waals surface area (Å²) in [6.07, 6.45) is 7.55. The van der Waals surface area contributed by atoms with Crippen LogP contribution in [-0.2, 0) is 14.3 Å². The Labute approximate surface area is 121 Å². The maximum absolute atomic E-state index is 12.4. The van der Waals surface area contributed by atoms with Crippen LogP contribution in [0, 0.1) is 0 Å². The zero-order valence-corrected chi connectivity index (χ0v) is 12.5. The third-order valence-corrected chi connectivity index (χ3v) is 4.38. The van der Waals surface area contributed by atoms with E-state index < -0.39 is 0 Å². The Bertz CT molecular complexity index is 338. The first-order valence-corrected chi connectivity index (χ1v) is 7.82. The largest absolute Gasteiger partial charge is 0.468 e. The number of hydrogen-bond donors (Lipinski definition) is 0. The van der Waals surface area contributed by atoms with Gasteiger partial charge in [0.1, 0.15) is 6.04 Å². The van der Waals surface area contributed by atoms with Crippen LogP contribution in [0.1, 0.15) is 44.9 Å². The molecule has 0 bridgehead atoms. The van der Waals surface area contributed by atoms with E-state index in [-0.39, 0.29) is 17.9 Å². The predicted molar refractivity (Wildman–Crippen MR) is 76.3 cm³/mol. The SMILES string of the molecule is COC(=O)[C@H]1CCCCN1CC(=O)N1CCCCCC1. The zero-order chi connectivity index (χ0) is 14.4. The number of likely N-dealkylation sites (tertiary alicyclic amines) is 2. The van der Waals surface area contributed by atoms with Gasteiger partial charge in [-0.05, 0) is 32.2 Å². The number of amides is 1. The fourth-order valence-electron chi connectivity index (χ4n) is 3.18. The van der Waals surface area contributed by atoms with Crippen LogP contribution in [0.5, 0.6) is 0 Å². The first-order chi connectivity index (χ1) is 9.72. The second-order valence-electron chi connectivity index (χ2n) is 5.80. The minimum absolute atomic E-state index is 0.169. The summed E-state index contributed by atoms with van der Waals surface area (Å²) in [6, 6.07) is -0.232. The zero-order valence-electron chi connectivity index (χ0n) is 12.5. The van der Waals surface area contributed by atoms with Crippen molar-refractivity contribution in [3.63, 3.8) is 0 Å². The maximum Gasteiger partial charge on any atom is 0.323 e. The molecular formula is C15H26N2O3. The smallest absolute Gasteiger partial charge is 0.323 e. The topological polar surface area (TPSA) is 49.9 Å². The minimum atomic E-state index is -0.232. The first kappa shape index (κ1) is 15.3. The Morgan fingerprint density at radius 3 is 2.30 bits per heavy atom. The van der Waals surface area contributed by atoms with Crippen molar-refractivity contribution in [1.82, 2.24) is 9.80 Å². The molecule has 2 aliphatic heterocycles. The van der Waals surface area contributed by atoms with E-state index in [4.69, 9.17) is 4.74 Å². The van der Waals surface area contributed by atoms with Crippen molar-refractivity contribution in [2.45, 2.75) is 51.0 Å². The summed E-state index contributed by atoms with van der Waals surface area (Å²) in [6.45, 7) is 2.92. The van der Waals surface area contributed by atoms with Gasteiger partial charge in [-0.2, -0.15) is 0 Å². The number of methoxy groups -OCH3 is 1. The van der Waals surface area contributed by atoms with Crippen molar-refractivity contribution in [2.24, 2.45) is 0 Å². The molecule has 0 radical (unpaired) electrons. The molecule has 2 fully saturated rings. The summed E-state index contributed by atoms with van der Waals surface area (Å²) < 4.78 is 4.86. The van der Waals surface area contributed by atoms with Gasteiger partial charge in [-0.15, -0.1) is 0 Å². The molecule has 0 aromatic heterocycles. The summed E-state index contributed by atoms with van der Waals surface area (Å²) in [4.78, 5) is 28.2. The highest BCUT2D eigenvalue weighted by atomic mass is 16.5. The molecule has 0 aromatic rings. The average molecular weight is 282 g/mol. The third kappa shape index (κ3) is 3.95. The van der Waals surface area contributed by atoms with Crippen molar-refractivity contribution in [3.8, 4) is 0 Å². The molecule has 5 nitrogen and oxygen atoms in total. The molecule has 0 saturated carbocycles. The van der Waals surface area contributed by atoms with Crippen LogP contribution in [0.25, 0.3) is 0 Å². The number of esters is 1. The number of ether oxygens (including phenoxy) is 1. The molecule has 0 spiro atoms. The molecule has 2 saturated heterocycles. The maximum atomic E-state index is 12.4. The molecule has 0 N–H and O–H groups in total. The van der Waals surface area contributed by atoms with Gasteiger partial charge in [-0.25, -0.2) is 0 Å². The lowest BCUT2D eigenvalue weighted by Crippen LogP contribution is -2.50. The Balaban J connectivity index is 1.91. The third-order valence-electron chi connectivity index (χ3n) is 4.38. The lowest BCUT2D eigenvalue weighted by molar-refractivity contribution is -0.149. The molecule has 1 atom stereocenters. The molecule has 2 aliphatic rings. The van der Waals surface area contributed by atoms with E-state index in [9.17, 15) is 9.59 Å². The van der Waals surface area contributed by atoms with Gasteiger partial charge in [0.15, 0.2) is 0 Å². The first-order valence-electron chi connectivity index (χ1n) is 7.82. The van der Waals surface area contributed by atoms with Crippen molar-refractivity contribution in [3.05, 3.63) is 0 Å². The molecule has 114 valence electrons. The van der Waals surface area contributed by atoms with Crippen LogP contribution in [0.3, 0.4) is 0 Å². The molecule has 2 rings (SSSR count). The molecule has 5 heteroatoms. The lowest BCUT2D eigenvalue weighted by atomic mass is 10.0. The number of hydrogen-bond acceptors (Lipinski definition) is 4. The lowest BCUT2D eigenvalue weighted by Gasteiger charge is -2.34. The van der Waals surface area contributed by atoms with Crippen LogP contribution in [-0.4, -0.2) is 61.0 Å². The number of rotatable bonds is 3. The highest BCUT2D eigenvalue weighted by Crippen LogP contribution is 2.18. The van der Waals surface area contributed by atoms with Gasteiger partial charge in [0.2, 0.25) is 5.91 Å². The minimum Gasteiger partial charge on any atom is -0.468 e. The van der Waals surface area contributed by atoms with Gasteiger partial charge >= 0.3 is 5.97 Å².